The van der Waals surface area contributed by atoms with E-state index < -0.39 is 0 Å². The zero-order chi connectivity index (χ0) is 7.84. The maximum Gasteiger partial charge on any atom is 0.124 e. The molecule has 11 heavy (non-hydrogen) atoms. The highest BCUT2D eigenvalue weighted by Crippen LogP contribution is 2.22. The maximum absolute atomic E-state index is 5.83. The van der Waals surface area contributed by atoms with Gasteiger partial charge >= 0.3 is 0 Å². The van der Waals surface area contributed by atoms with Gasteiger partial charge in [-0.25, -0.2) is 0 Å². The second-order valence-electron chi connectivity index (χ2n) is 2.11. The largest absolute Gasteiger partial charge is 0.171 e. The minimum absolute atomic E-state index is 0.620. The van der Waals surface area contributed by atoms with Crippen LogP contribution in [-0.4, -0.2) is 9.30 Å². The van der Waals surface area contributed by atoms with Gasteiger partial charge in [0.2, 0.25) is 0 Å². The summed E-state index contributed by atoms with van der Waals surface area (Å²) >= 11 is 11.5. The van der Waals surface area contributed by atoms with Gasteiger partial charge in [-0.05, 0) is 12.1 Å². The number of halogens is 2. The third-order valence-electron chi connectivity index (χ3n) is 1.44. The van der Waals surface area contributed by atoms with E-state index in [1.165, 1.54) is 4.20 Å². The summed E-state index contributed by atoms with van der Waals surface area (Å²) in [5.74, 6) is 0. The number of nitrogens with zero attached hydrogens (tertiary/aromatic N) is 2. The van der Waals surface area contributed by atoms with Crippen LogP contribution in [0.15, 0.2) is 18.2 Å². The smallest absolute Gasteiger partial charge is 0.124 e. The van der Waals surface area contributed by atoms with E-state index in [1.54, 1.807) is 6.07 Å². The van der Waals surface area contributed by atoms with E-state index >= 15 is 0 Å². The first kappa shape index (κ1) is 6.95. The molecular formula is C7H3Cl2N2. The molecule has 1 heterocycles. The molecule has 1 aromatic carbocycles. The summed E-state index contributed by atoms with van der Waals surface area (Å²) in [5.41, 5.74) is 0.777. The Labute approximate surface area is 73.4 Å². The monoisotopic (exact) mass is 185 g/mol. The fraction of sp³-hybridized carbons (Fsp3) is 0. The van der Waals surface area contributed by atoms with Crippen LogP contribution in [0.3, 0.4) is 0 Å². The van der Waals surface area contributed by atoms with Crippen molar-refractivity contribution in [2.75, 3.05) is 0 Å². The van der Waals surface area contributed by atoms with Crippen LogP contribution in [0.1, 0.15) is 0 Å². The molecule has 0 aliphatic rings. The molecule has 0 fully saturated rings. The van der Waals surface area contributed by atoms with Crippen LogP contribution in [0, 0.1) is 6.20 Å². The molecule has 2 nitrogen and oxygen atoms in total. The average molecular weight is 186 g/mol. The van der Waals surface area contributed by atoms with Crippen molar-refractivity contribution >= 4 is 34.3 Å². The number of benzene rings is 1. The summed E-state index contributed by atoms with van der Waals surface area (Å²) < 4.78 is 1.22. The summed E-state index contributed by atoms with van der Waals surface area (Å²) in [6.45, 7) is 0. The Morgan fingerprint density at radius 3 is 3.00 bits per heavy atom. The maximum atomic E-state index is 5.83. The van der Waals surface area contributed by atoms with Crippen molar-refractivity contribution in [2.24, 2.45) is 0 Å². The third kappa shape index (κ3) is 0.988. The lowest BCUT2D eigenvalue weighted by Gasteiger charge is -1.91. The van der Waals surface area contributed by atoms with Crippen LogP contribution in [0.5, 0.6) is 0 Å². The van der Waals surface area contributed by atoms with Gasteiger partial charge < -0.3 is 0 Å². The molecule has 1 radical (unpaired) electrons. The van der Waals surface area contributed by atoms with Crippen LogP contribution in [0.4, 0.5) is 0 Å². The molecule has 2 rings (SSSR count). The third-order valence-corrected chi connectivity index (χ3v) is 2.01. The zero-order valence-electron chi connectivity index (χ0n) is 5.38. The molecule has 0 spiro atoms. The lowest BCUT2D eigenvalue weighted by atomic mass is 10.3. The molecule has 2 aromatic rings. The van der Waals surface area contributed by atoms with E-state index in [0.717, 1.165) is 10.9 Å². The molecule has 0 atom stereocenters. The summed E-state index contributed by atoms with van der Waals surface area (Å²) in [4.78, 5) is 0. The predicted molar refractivity (Wildman–Crippen MR) is 44.8 cm³/mol. The van der Waals surface area contributed by atoms with E-state index in [0.29, 0.717) is 5.02 Å². The molecule has 1 aromatic heterocycles. The zero-order valence-corrected chi connectivity index (χ0v) is 6.89. The number of aromatic nitrogens is 2. The summed E-state index contributed by atoms with van der Waals surface area (Å²) in [5, 5.41) is 5.10. The van der Waals surface area contributed by atoms with Gasteiger partial charge in [-0.15, -0.1) is 0 Å². The Morgan fingerprint density at radius 1 is 1.45 bits per heavy atom. The minimum Gasteiger partial charge on any atom is -0.171 e. The Morgan fingerprint density at radius 2 is 2.27 bits per heavy atom. The van der Waals surface area contributed by atoms with Gasteiger partial charge in [0.15, 0.2) is 0 Å². The van der Waals surface area contributed by atoms with Gasteiger partial charge in [0.1, 0.15) is 6.20 Å². The van der Waals surface area contributed by atoms with Gasteiger partial charge in [0.25, 0.3) is 0 Å². The van der Waals surface area contributed by atoms with Gasteiger partial charge in [-0.1, -0.05) is 17.7 Å². The first-order valence-corrected chi connectivity index (χ1v) is 3.72. The second kappa shape index (κ2) is 2.40. The predicted octanol–water partition coefficient (Wildman–Crippen LogP) is 2.49. The molecule has 0 aliphatic heterocycles. The molecule has 0 aliphatic carbocycles. The molecule has 0 unspecified atom stereocenters. The normalized spacial score (nSPS) is 10.7. The van der Waals surface area contributed by atoms with Crippen molar-refractivity contribution in [2.45, 2.75) is 0 Å². The SMILES string of the molecule is Clc1cccc2c1[c]nn2Cl. The average Bonchev–Trinajstić information content (AvgIpc) is 2.35. The van der Waals surface area contributed by atoms with E-state index in [1.807, 2.05) is 12.1 Å². The number of rotatable bonds is 0. The fourth-order valence-electron chi connectivity index (χ4n) is 0.925. The summed E-state index contributed by atoms with van der Waals surface area (Å²) in [6, 6.07) is 5.43. The first-order chi connectivity index (χ1) is 5.29. The van der Waals surface area contributed by atoms with Crippen LogP contribution in [-0.2, 0) is 0 Å². The molecule has 0 amide bonds. The Bertz CT molecular complexity index is 394. The number of hydrogen-bond donors (Lipinski definition) is 0. The highest BCUT2D eigenvalue weighted by atomic mass is 35.5. The summed E-state index contributed by atoms with van der Waals surface area (Å²) in [7, 11) is 0. The van der Waals surface area contributed by atoms with E-state index in [-0.39, 0.29) is 0 Å². The quantitative estimate of drug-likeness (QED) is 0.617. The number of hydrogen-bond acceptors (Lipinski definition) is 1. The summed E-state index contributed by atoms with van der Waals surface area (Å²) in [6.07, 6.45) is 2.71. The molecule has 0 N–H and O–H groups in total. The highest BCUT2D eigenvalue weighted by Gasteiger charge is 2.02. The van der Waals surface area contributed by atoms with Crippen LogP contribution in [0.2, 0.25) is 5.02 Å². The first-order valence-electron chi connectivity index (χ1n) is 3.00. The topological polar surface area (TPSA) is 17.8 Å². The molecular weight excluding hydrogens is 183 g/mol. The van der Waals surface area contributed by atoms with Gasteiger partial charge in [0, 0.05) is 17.2 Å². The minimum atomic E-state index is 0.620. The van der Waals surface area contributed by atoms with Crippen LogP contribution in [0.25, 0.3) is 10.9 Å². The molecule has 4 heteroatoms. The standard InChI is InChI=1S/C7H3Cl2N2/c8-6-2-1-3-7-5(6)4-10-11(7)9/h1-3H. The molecule has 0 saturated carbocycles. The Kier molecular flexibility index (Phi) is 1.51. The van der Waals surface area contributed by atoms with E-state index in [4.69, 9.17) is 23.4 Å². The van der Waals surface area contributed by atoms with Gasteiger partial charge in [-0.2, -0.15) is 9.30 Å². The highest BCUT2D eigenvalue weighted by molar-refractivity contribution is 6.35. The van der Waals surface area contributed by atoms with Gasteiger partial charge in [-0.3, -0.25) is 0 Å². The van der Waals surface area contributed by atoms with Crippen LogP contribution < -0.4 is 0 Å². The van der Waals surface area contributed by atoms with Crippen molar-refractivity contribution in [1.82, 2.24) is 9.30 Å². The van der Waals surface area contributed by atoms with Crippen molar-refractivity contribution in [1.29, 1.82) is 0 Å². The number of fused-ring (bicyclic) bond motifs is 1. The van der Waals surface area contributed by atoms with Crippen molar-refractivity contribution in [3.05, 3.63) is 29.4 Å². The van der Waals surface area contributed by atoms with Crippen molar-refractivity contribution < 1.29 is 0 Å². The van der Waals surface area contributed by atoms with E-state index in [9.17, 15) is 0 Å². The Balaban J connectivity index is 2.94. The van der Waals surface area contributed by atoms with Crippen molar-refractivity contribution in [3.63, 3.8) is 0 Å². The van der Waals surface area contributed by atoms with Crippen LogP contribution >= 0.6 is 23.4 Å². The molecule has 0 bridgehead atoms. The van der Waals surface area contributed by atoms with Gasteiger partial charge in [0.05, 0.1) is 10.5 Å². The lowest BCUT2D eigenvalue weighted by molar-refractivity contribution is 1.02. The Hall–Kier alpha value is -0.730. The molecule has 55 valence electrons. The lowest BCUT2D eigenvalue weighted by Crippen LogP contribution is -1.79. The van der Waals surface area contributed by atoms with E-state index in [2.05, 4.69) is 11.3 Å². The second-order valence-corrected chi connectivity index (χ2v) is 2.83. The molecule has 0 saturated heterocycles. The van der Waals surface area contributed by atoms with Crippen molar-refractivity contribution in [3.8, 4) is 0 Å². The fourth-order valence-corrected chi connectivity index (χ4v) is 1.32.